The maximum atomic E-state index is 11.9. The molecule has 0 bridgehead atoms. The average Bonchev–Trinajstić information content (AvgIpc) is 2.44. The minimum absolute atomic E-state index is 0.0167. The number of nitrogens with one attached hydrogen (secondary N) is 2. The van der Waals surface area contributed by atoms with E-state index in [0.717, 1.165) is 0 Å². The lowest BCUT2D eigenvalue weighted by Gasteiger charge is -2.08. The fraction of sp³-hybridized carbons (Fsp3) is 0.333. The number of sulfonamides is 1. The number of hydrogen-bond acceptors (Lipinski definition) is 5. The molecule has 0 heterocycles. The lowest BCUT2D eigenvalue weighted by Crippen LogP contribution is -2.38. The molecule has 1 amide bonds. The summed E-state index contributed by atoms with van der Waals surface area (Å²) in [5, 5.41) is 10.4. The van der Waals surface area contributed by atoms with Gasteiger partial charge in [-0.3, -0.25) is 9.59 Å². The third-order valence-corrected chi connectivity index (χ3v) is 3.72. The molecule has 1 rings (SSSR count). The molecule has 0 atom stereocenters. The van der Waals surface area contributed by atoms with E-state index in [-0.39, 0.29) is 4.90 Å². The Morgan fingerprint density at radius 3 is 2.33 bits per heavy atom. The van der Waals surface area contributed by atoms with Gasteiger partial charge in [0.05, 0.1) is 18.0 Å². The number of carbonyl (C=O) groups excluding carboxylic acids is 1. The maximum absolute atomic E-state index is 11.9. The third kappa shape index (κ3) is 5.79. The summed E-state index contributed by atoms with van der Waals surface area (Å²) in [5.41, 5.74) is 0. The zero-order valence-corrected chi connectivity index (χ0v) is 12.1. The van der Waals surface area contributed by atoms with Crippen LogP contribution in [0.25, 0.3) is 0 Å². The van der Waals surface area contributed by atoms with Gasteiger partial charge >= 0.3 is 5.97 Å². The number of carbonyl (C=O) groups is 2. The molecule has 21 heavy (non-hydrogen) atoms. The highest BCUT2D eigenvalue weighted by Gasteiger charge is 2.15. The predicted octanol–water partition coefficient (Wildman–Crippen LogP) is -0.436. The van der Waals surface area contributed by atoms with E-state index in [1.54, 1.807) is 0 Å². The Morgan fingerprint density at radius 2 is 1.81 bits per heavy atom. The van der Waals surface area contributed by atoms with Crippen molar-refractivity contribution in [1.82, 2.24) is 10.0 Å². The van der Waals surface area contributed by atoms with E-state index in [2.05, 4.69) is 4.72 Å². The fourth-order valence-electron chi connectivity index (χ4n) is 1.36. The Labute approximate surface area is 122 Å². The van der Waals surface area contributed by atoms with E-state index in [4.69, 9.17) is 9.84 Å². The molecule has 3 N–H and O–H groups in total. The van der Waals surface area contributed by atoms with Crippen LogP contribution in [0.3, 0.4) is 0 Å². The zero-order valence-electron chi connectivity index (χ0n) is 11.3. The van der Waals surface area contributed by atoms with Gasteiger partial charge in [-0.15, -0.1) is 0 Å². The number of ether oxygens (including phenoxy) is 1. The second-order valence-electron chi connectivity index (χ2n) is 3.90. The van der Waals surface area contributed by atoms with E-state index in [1.807, 2.05) is 12.2 Å². The first-order chi connectivity index (χ1) is 9.85. The number of amides is 1. The summed E-state index contributed by atoms with van der Waals surface area (Å²) in [6.07, 6.45) is 0. The number of carboxylic acid groups (broad SMARTS) is 1. The lowest BCUT2D eigenvalue weighted by molar-refractivity contribution is -0.137. The lowest BCUT2D eigenvalue weighted by atomic mass is 10.3. The minimum Gasteiger partial charge on any atom is -0.494 e. The molecular formula is C12H16N2O6S. The maximum Gasteiger partial charge on any atom is 0.322 e. The molecule has 0 unspecified atom stereocenters. The molecule has 0 radical (unpaired) electrons. The van der Waals surface area contributed by atoms with E-state index in [9.17, 15) is 18.0 Å². The van der Waals surface area contributed by atoms with Gasteiger partial charge in [0.1, 0.15) is 12.3 Å². The summed E-state index contributed by atoms with van der Waals surface area (Å²) in [6, 6.07) is 5.70. The largest absolute Gasteiger partial charge is 0.494 e. The summed E-state index contributed by atoms with van der Waals surface area (Å²) in [5.74, 6) is -1.40. The van der Waals surface area contributed by atoms with Gasteiger partial charge in [0.25, 0.3) is 0 Å². The van der Waals surface area contributed by atoms with E-state index in [0.29, 0.717) is 12.4 Å². The Kier molecular flexibility index (Phi) is 6.12. The van der Waals surface area contributed by atoms with Gasteiger partial charge in [-0.25, -0.2) is 13.1 Å². The third-order valence-electron chi connectivity index (χ3n) is 2.30. The Hall–Kier alpha value is -2.13. The van der Waals surface area contributed by atoms with Crippen molar-refractivity contribution < 1.29 is 27.9 Å². The molecule has 116 valence electrons. The number of aliphatic carboxylic acids is 1. The second-order valence-corrected chi connectivity index (χ2v) is 5.67. The van der Waals surface area contributed by atoms with Gasteiger partial charge in [-0.1, -0.05) is 0 Å². The minimum atomic E-state index is -3.84. The molecule has 0 aliphatic rings. The van der Waals surface area contributed by atoms with Crippen LogP contribution < -0.4 is 14.8 Å². The van der Waals surface area contributed by atoms with E-state index < -0.39 is 35.0 Å². The molecule has 0 saturated carbocycles. The number of benzene rings is 1. The second kappa shape index (κ2) is 7.60. The van der Waals surface area contributed by atoms with Gasteiger partial charge in [0.15, 0.2) is 0 Å². The van der Waals surface area contributed by atoms with E-state index >= 15 is 0 Å². The number of hydrogen-bond donors (Lipinski definition) is 3. The molecule has 1 aromatic rings. The predicted molar refractivity (Wildman–Crippen MR) is 73.4 cm³/mol. The smallest absolute Gasteiger partial charge is 0.322 e. The van der Waals surface area contributed by atoms with Crippen LogP contribution in [0.15, 0.2) is 29.2 Å². The topological polar surface area (TPSA) is 122 Å². The molecule has 8 nitrogen and oxygen atoms in total. The van der Waals surface area contributed by atoms with Crippen molar-refractivity contribution >= 4 is 21.9 Å². The molecular weight excluding hydrogens is 300 g/mol. The summed E-state index contributed by atoms with van der Waals surface area (Å²) in [7, 11) is -3.84. The van der Waals surface area contributed by atoms with Crippen LogP contribution in [0.5, 0.6) is 5.75 Å². The standard InChI is InChI=1S/C12H16N2O6S/c1-2-20-9-3-5-10(6-4-9)21(18,19)14-7-11(15)13-8-12(16)17/h3-6,14H,2,7-8H2,1H3,(H,13,15)(H,16,17). The first kappa shape index (κ1) is 16.9. The first-order valence-corrected chi connectivity index (χ1v) is 7.54. The van der Waals surface area contributed by atoms with Crippen LogP contribution >= 0.6 is 0 Å². The van der Waals surface area contributed by atoms with Crippen LogP contribution in [-0.4, -0.2) is 45.1 Å². The normalized spacial score (nSPS) is 10.9. The SMILES string of the molecule is CCOc1ccc(S(=O)(=O)NCC(=O)NCC(=O)O)cc1. The molecule has 0 aliphatic heterocycles. The van der Waals surface area contributed by atoms with Crippen LogP contribution in [-0.2, 0) is 19.6 Å². The Bertz CT molecular complexity index is 597. The molecule has 0 saturated heterocycles. The van der Waals surface area contributed by atoms with Gasteiger partial charge in [-0.2, -0.15) is 0 Å². The first-order valence-electron chi connectivity index (χ1n) is 6.06. The van der Waals surface area contributed by atoms with Crippen molar-refractivity contribution in [2.45, 2.75) is 11.8 Å². The van der Waals surface area contributed by atoms with Crippen molar-refractivity contribution in [3.63, 3.8) is 0 Å². The monoisotopic (exact) mass is 316 g/mol. The summed E-state index contributed by atoms with van der Waals surface area (Å²) >= 11 is 0. The molecule has 0 fully saturated rings. The summed E-state index contributed by atoms with van der Waals surface area (Å²) in [4.78, 5) is 21.5. The van der Waals surface area contributed by atoms with Gasteiger partial charge < -0.3 is 15.2 Å². The van der Waals surface area contributed by atoms with Crippen molar-refractivity contribution in [3.05, 3.63) is 24.3 Å². The molecule has 9 heteroatoms. The highest BCUT2D eigenvalue weighted by atomic mass is 32.2. The van der Waals surface area contributed by atoms with Gasteiger partial charge in [0, 0.05) is 0 Å². The van der Waals surface area contributed by atoms with Crippen molar-refractivity contribution in [2.24, 2.45) is 0 Å². The highest BCUT2D eigenvalue weighted by Crippen LogP contribution is 2.15. The summed E-state index contributed by atoms with van der Waals surface area (Å²) in [6.45, 7) is 1.17. The van der Waals surface area contributed by atoms with Crippen molar-refractivity contribution in [1.29, 1.82) is 0 Å². The average molecular weight is 316 g/mol. The summed E-state index contributed by atoms with van der Waals surface area (Å²) < 4.78 is 31.1. The van der Waals surface area contributed by atoms with Crippen LogP contribution in [0.1, 0.15) is 6.92 Å². The van der Waals surface area contributed by atoms with E-state index in [1.165, 1.54) is 24.3 Å². The Balaban J connectivity index is 2.60. The highest BCUT2D eigenvalue weighted by molar-refractivity contribution is 7.89. The van der Waals surface area contributed by atoms with Crippen LogP contribution in [0.2, 0.25) is 0 Å². The van der Waals surface area contributed by atoms with Gasteiger partial charge in [-0.05, 0) is 31.2 Å². The van der Waals surface area contributed by atoms with Gasteiger partial charge in [0.2, 0.25) is 15.9 Å². The van der Waals surface area contributed by atoms with Crippen molar-refractivity contribution in [2.75, 3.05) is 19.7 Å². The van der Waals surface area contributed by atoms with Crippen LogP contribution in [0, 0.1) is 0 Å². The quantitative estimate of drug-likeness (QED) is 0.598. The number of rotatable bonds is 8. The van der Waals surface area contributed by atoms with Crippen molar-refractivity contribution in [3.8, 4) is 5.75 Å². The Morgan fingerprint density at radius 1 is 1.19 bits per heavy atom. The zero-order chi connectivity index (χ0) is 15.9. The fourth-order valence-corrected chi connectivity index (χ4v) is 2.34. The molecule has 0 spiro atoms. The molecule has 0 aliphatic carbocycles. The molecule has 1 aromatic carbocycles. The number of carboxylic acids is 1. The molecule has 0 aromatic heterocycles. The van der Waals surface area contributed by atoms with Crippen LogP contribution in [0.4, 0.5) is 0 Å².